The molecule has 0 spiro atoms. The first-order chi connectivity index (χ1) is 15.3. The van der Waals surface area contributed by atoms with Gasteiger partial charge in [0.25, 0.3) is 5.69 Å². The molecule has 33 heavy (non-hydrogen) atoms. The van der Waals surface area contributed by atoms with Gasteiger partial charge in [-0.3, -0.25) is 28.5 Å². The molecule has 1 rings (SSSR count). The van der Waals surface area contributed by atoms with Crippen LogP contribution in [0.25, 0.3) is 0 Å². The van der Waals surface area contributed by atoms with Crippen molar-refractivity contribution in [1.29, 1.82) is 0 Å². The third-order valence-electron chi connectivity index (χ3n) is 4.35. The number of unbranched alkanes of at least 4 members (excludes halogenated alkanes) is 3. The van der Waals surface area contributed by atoms with Gasteiger partial charge in [0.05, 0.1) is 29.8 Å². The van der Waals surface area contributed by atoms with Gasteiger partial charge in [0.1, 0.15) is 0 Å². The number of nitrogens with one attached hydrogen (secondary N) is 1. The molecule has 3 atom stereocenters. The van der Waals surface area contributed by atoms with Crippen LogP contribution in [0.5, 0.6) is 0 Å². The third kappa shape index (κ3) is 12.4. The summed E-state index contributed by atoms with van der Waals surface area (Å²) in [6.07, 6.45) is 2.61. The monoisotopic (exact) mass is 510 g/mol. The van der Waals surface area contributed by atoms with Crippen molar-refractivity contribution in [3.05, 3.63) is 33.9 Å². The summed E-state index contributed by atoms with van der Waals surface area (Å²) < 4.78 is 37.9. The molecule has 0 aliphatic heterocycles. The molecule has 0 bridgehead atoms. The zero-order chi connectivity index (χ0) is 25.1. The molecule has 0 saturated carbocycles. The van der Waals surface area contributed by atoms with Crippen LogP contribution in [-0.2, 0) is 27.5 Å². The summed E-state index contributed by atoms with van der Waals surface area (Å²) in [5, 5.41) is 13.8. The van der Waals surface area contributed by atoms with Crippen LogP contribution in [0, 0.1) is 10.1 Å². The molecule has 188 valence electrons. The topological polar surface area (TPSA) is 175 Å². The number of carbonyl (C=O) groups is 1. The first-order valence-corrected chi connectivity index (χ1v) is 14.1. The summed E-state index contributed by atoms with van der Waals surface area (Å²) in [5.41, 5.74) is -0.0746. The van der Waals surface area contributed by atoms with E-state index >= 15 is 0 Å². The quantitative estimate of drug-likeness (QED) is 0.120. The second kappa shape index (κ2) is 13.9. The number of nitro groups is 1. The van der Waals surface area contributed by atoms with Crippen molar-refractivity contribution in [3.8, 4) is 0 Å². The number of phosphoric acid groups is 1. The van der Waals surface area contributed by atoms with Crippen LogP contribution in [0.4, 0.5) is 11.4 Å². The summed E-state index contributed by atoms with van der Waals surface area (Å²) in [5.74, 6) is -0.455. The van der Waals surface area contributed by atoms with E-state index in [1.165, 1.54) is 19.1 Å². The highest BCUT2D eigenvalue weighted by Gasteiger charge is 2.25. The number of amides is 1. The van der Waals surface area contributed by atoms with Crippen LogP contribution in [0.1, 0.15) is 64.0 Å². The Balaban J connectivity index is 2.57. The van der Waals surface area contributed by atoms with Crippen LogP contribution in [0.15, 0.2) is 18.2 Å². The molecule has 0 aliphatic rings. The van der Waals surface area contributed by atoms with E-state index in [0.717, 1.165) is 32.0 Å². The summed E-state index contributed by atoms with van der Waals surface area (Å²) in [7, 11) is -8.07. The molecule has 0 heterocycles. The normalized spacial score (nSPS) is 15.9. The van der Waals surface area contributed by atoms with Crippen molar-refractivity contribution in [2.24, 2.45) is 0 Å². The average molecular weight is 510 g/mol. The molecule has 1 aromatic rings. The van der Waals surface area contributed by atoms with Crippen LogP contribution >= 0.6 is 15.4 Å². The number of rotatable bonds is 16. The predicted octanol–water partition coefficient (Wildman–Crippen LogP) is 4.92. The van der Waals surface area contributed by atoms with E-state index in [0.29, 0.717) is 6.42 Å². The Kier molecular flexibility index (Phi) is 12.4. The molecule has 3 unspecified atom stereocenters. The maximum absolute atomic E-state index is 12.2. The second-order valence-corrected chi connectivity index (χ2v) is 10.7. The SMILES string of the molecule is CCCCCCOP(=O)(O)OCCCC(=O)Nc1ccc([N+](=O)[O-])c(C(C)OP(C)(=O)O)c1. The molecule has 1 aromatic carbocycles. The van der Waals surface area contributed by atoms with Crippen molar-refractivity contribution in [2.75, 3.05) is 25.2 Å². The lowest BCUT2D eigenvalue weighted by molar-refractivity contribution is -0.386. The van der Waals surface area contributed by atoms with E-state index in [1.807, 2.05) is 6.92 Å². The van der Waals surface area contributed by atoms with Crippen molar-refractivity contribution in [2.45, 2.75) is 58.5 Å². The van der Waals surface area contributed by atoms with Gasteiger partial charge in [-0.2, -0.15) is 0 Å². The fraction of sp³-hybridized carbons (Fsp3) is 0.632. The van der Waals surface area contributed by atoms with E-state index < -0.39 is 32.4 Å². The van der Waals surface area contributed by atoms with Gasteiger partial charge in [0.15, 0.2) is 0 Å². The van der Waals surface area contributed by atoms with Crippen LogP contribution in [0.3, 0.4) is 0 Å². The fourth-order valence-electron chi connectivity index (χ4n) is 2.86. The van der Waals surface area contributed by atoms with E-state index in [-0.39, 0.29) is 43.0 Å². The first kappa shape index (κ1) is 29.4. The molecule has 12 nitrogen and oxygen atoms in total. The number of hydrogen-bond donors (Lipinski definition) is 3. The van der Waals surface area contributed by atoms with Gasteiger partial charge in [-0.25, -0.2) is 4.57 Å². The standard InChI is InChI=1S/C19H32N2O10P2/c1-4-5-6-7-12-29-33(27,28)30-13-8-9-19(22)20-16-10-11-18(21(23)24)17(14-16)15(2)31-32(3,25)26/h10-11,14-15H,4-9,12-13H2,1-3H3,(H,20,22)(H,25,26)(H,27,28). The minimum absolute atomic E-state index is 0.0227. The van der Waals surface area contributed by atoms with Crippen molar-refractivity contribution >= 4 is 32.7 Å². The molecule has 0 saturated heterocycles. The summed E-state index contributed by atoms with van der Waals surface area (Å²) in [6, 6.07) is 3.77. The molecule has 1 amide bonds. The highest BCUT2D eigenvalue weighted by atomic mass is 31.2. The molecule has 0 aromatic heterocycles. The van der Waals surface area contributed by atoms with Crippen LogP contribution in [0.2, 0.25) is 0 Å². The maximum Gasteiger partial charge on any atom is 0.472 e. The number of carbonyl (C=O) groups excluding carboxylic acids is 1. The number of phosphoric ester groups is 1. The van der Waals surface area contributed by atoms with Crippen molar-refractivity contribution in [3.63, 3.8) is 0 Å². The third-order valence-corrected chi connectivity index (χ3v) is 6.08. The lowest BCUT2D eigenvalue weighted by Gasteiger charge is -2.16. The minimum Gasteiger partial charge on any atom is -0.326 e. The summed E-state index contributed by atoms with van der Waals surface area (Å²) >= 11 is 0. The molecule has 3 N–H and O–H groups in total. The maximum atomic E-state index is 12.2. The van der Waals surface area contributed by atoms with Gasteiger partial charge in [0.2, 0.25) is 5.91 Å². The Morgan fingerprint density at radius 1 is 1.15 bits per heavy atom. The molecule has 14 heteroatoms. The van der Waals surface area contributed by atoms with Crippen molar-refractivity contribution < 1.29 is 42.2 Å². The fourth-order valence-corrected chi connectivity index (χ4v) is 4.35. The highest BCUT2D eigenvalue weighted by molar-refractivity contribution is 7.51. The molecule has 0 fully saturated rings. The molecular weight excluding hydrogens is 478 g/mol. The zero-order valence-electron chi connectivity index (χ0n) is 19.0. The Morgan fingerprint density at radius 3 is 2.36 bits per heavy atom. The largest absolute Gasteiger partial charge is 0.472 e. The summed E-state index contributed by atoms with van der Waals surface area (Å²) in [6.45, 7) is 4.34. The molecule has 0 radical (unpaired) electrons. The van der Waals surface area contributed by atoms with Crippen LogP contribution in [-0.4, -0.2) is 40.5 Å². The van der Waals surface area contributed by atoms with Gasteiger partial charge in [0, 0.05) is 24.8 Å². The van der Waals surface area contributed by atoms with E-state index in [2.05, 4.69) is 5.32 Å². The number of benzene rings is 1. The van der Waals surface area contributed by atoms with Gasteiger partial charge in [-0.15, -0.1) is 0 Å². The minimum atomic E-state index is -4.17. The average Bonchev–Trinajstić information content (AvgIpc) is 2.69. The van der Waals surface area contributed by atoms with Gasteiger partial charge in [-0.1, -0.05) is 26.2 Å². The van der Waals surface area contributed by atoms with Crippen molar-refractivity contribution in [1.82, 2.24) is 0 Å². The van der Waals surface area contributed by atoms with Gasteiger partial charge in [-0.05, 0) is 31.9 Å². The zero-order valence-corrected chi connectivity index (χ0v) is 20.8. The number of nitrogens with zero attached hydrogens (tertiary/aromatic N) is 1. The second-order valence-electron chi connectivity index (χ2n) is 7.43. The van der Waals surface area contributed by atoms with E-state index in [4.69, 9.17) is 13.6 Å². The number of hydrogen-bond acceptors (Lipinski definition) is 8. The van der Waals surface area contributed by atoms with Gasteiger partial charge < -0.3 is 19.6 Å². The Labute approximate surface area is 192 Å². The lowest BCUT2D eigenvalue weighted by Crippen LogP contribution is -2.13. The molecular formula is C19H32N2O10P2. The van der Waals surface area contributed by atoms with Gasteiger partial charge >= 0.3 is 15.4 Å². The predicted molar refractivity (Wildman–Crippen MR) is 122 cm³/mol. The Morgan fingerprint density at radius 2 is 1.79 bits per heavy atom. The van der Waals surface area contributed by atoms with E-state index in [9.17, 15) is 33.8 Å². The first-order valence-electron chi connectivity index (χ1n) is 10.5. The van der Waals surface area contributed by atoms with Crippen LogP contribution < -0.4 is 5.32 Å². The number of anilines is 1. The summed E-state index contributed by atoms with van der Waals surface area (Å²) in [4.78, 5) is 41.8. The Bertz CT molecular complexity index is 889. The molecule has 0 aliphatic carbocycles. The lowest BCUT2D eigenvalue weighted by atomic mass is 10.1. The number of nitro benzene ring substituents is 1. The Hall–Kier alpha value is -1.65. The van der Waals surface area contributed by atoms with E-state index in [1.54, 1.807) is 0 Å². The highest BCUT2D eigenvalue weighted by Crippen LogP contribution is 2.45. The smallest absolute Gasteiger partial charge is 0.326 e.